The van der Waals surface area contributed by atoms with Gasteiger partial charge in [-0.15, -0.1) is 0 Å². The first-order valence-electron chi connectivity index (χ1n) is 7.83. The molecule has 7 nitrogen and oxygen atoms in total. The minimum absolute atomic E-state index is 0.126. The van der Waals surface area contributed by atoms with Gasteiger partial charge in [0.05, 0.1) is 17.0 Å². The van der Waals surface area contributed by atoms with Crippen LogP contribution in [-0.2, 0) is 0 Å². The van der Waals surface area contributed by atoms with Crippen molar-refractivity contribution in [2.75, 3.05) is 0 Å². The number of hydrogen-bond acceptors (Lipinski definition) is 5. The standard InChI is InChI=1S/C18H18FN5O2/c1-9-7-21-8-10(2)15(9)17-16(18(20)23-26)11(3)22-24(17)14-5-4-12(25)6-13(14)19/h4-8,25-26H,1-3H3,(H2,20,23). The number of aryl methyl sites for hydroxylation is 3. The number of phenols is 1. The van der Waals surface area contributed by atoms with Crippen molar-refractivity contribution in [2.45, 2.75) is 20.8 Å². The molecule has 0 radical (unpaired) electrons. The Morgan fingerprint density at radius 2 is 1.85 bits per heavy atom. The van der Waals surface area contributed by atoms with Crippen LogP contribution in [0, 0.1) is 26.6 Å². The van der Waals surface area contributed by atoms with Crippen molar-refractivity contribution in [3.05, 3.63) is 58.8 Å². The molecule has 2 heterocycles. The first-order valence-corrected chi connectivity index (χ1v) is 7.83. The minimum Gasteiger partial charge on any atom is -0.508 e. The molecule has 0 aliphatic rings. The summed E-state index contributed by atoms with van der Waals surface area (Å²) in [6.45, 7) is 5.42. The van der Waals surface area contributed by atoms with Crippen molar-refractivity contribution in [1.29, 1.82) is 0 Å². The number of aromatic nitrogens is 3. The van der Waals surface area contributed by atoms with Crippen LogP contribution in [0.3, 0.4) is 0 Å². The molecule has 3 rings (SSSR count). The highest BCUT2D eigenvalue weighted by Crippen LogP contribution is 2.34. The van der Waals surface area contributed by atoms with Crippen molar-refractivity contribution in [3.63, 3.8) is 0 Å². The lowest BCUT2D eigenvalue weighted by atomic mass is 9.98. The molecule has 8 heteroatoms. The minimum atomic E-state index is -0.649. The summed E-state index contributed by atoms with van der Waals surface area (Å²) in [6, 6.07) is 3.79. The van der Waals surface area contributed by atoms with Gasteiger partial charge in [-0.3, -0.25) is 4.98 Å². The first-order chi connectivity index (χ1) is 12.3. The summed E-state index contributed by atoms with van der Waals surface area (Å²) < 4.78 is 15.9. The second-order valence-corrected chi connectivity index (χ2v) is 5.99. The number of nitrogens with two attached hydrogens (primary N) is 1. The van der Waals surface area contributed by atoms with E-state index in [2.05, 4.69) is 15.2 Å². The summed E-state index contributed by atoms with van der Waals surface area (Å²) in [5, 5.41) is 26.2. The van der Waals surface area contributed by atoms with Crippen molar-refractivity contribution in [3.8, 4) is 22.7 Å². The number of aromatic hydroxyl groups is 1. The van der Waals surface area contributed by atoms with E-state index in [-0.39, 0.29) is 17.3 Å². The van der Waals surface area contributed by atoms with Crippen LogP contribution in [0.1, 0.15) is 22.4 Å². The van der Waals surface area contributed by atoms with E-state index in [0.29, 0.717) is 17.0 Å². The van der Waals surface area contributed by atoms with Crippen LogP contribution in [-0.4, -0.2) is 30.9 Å². The molecule has 0 aliphatic heterocycles. The smallest absolute Gasteiger partial charge is 0.174 e. The molecule has 0 saturated carbocycles. The van der Waals surface area contributed by atoms with Crippen molar-refractivity contribution < 1.29 is 14.7 Å². The summed E-state index contributed by atoms with van der Waals surface area (Å²) in [6.07, 6.45) is 3.36. The van der Waals surface area contributed by atoms with Gasteiger partial charge in [0.15, 0.2) is 11.7 Å². The molecule has 0 fully saturated rings. The van der Waals surface area contributed by atoms with E-state index in [1.807, 2.05) is 13.8 Å². The topological polar surface area (TPSA) is 110 Å². The predicted octanol–water partition coefficient (Wildman–Crippen LogP) is 2.80. The van der Waals surface area contributed by atoms with E-state index in [4.69, 9.17) is 5.73 Å². The summed E-state index contributed by atoms with van der Waals surface area (Å²) in [5.41, 5.74) is 9.79. The number of phenolic OH excluding ortho intramolecular Hbond substituents is 1. The number of oxime groups is 1. The molecular weight excluding hydrogens is 337 g/mol. The molecule has 0 spiro atoms. The Balaban J connectivity index is 2.44. The van der Waals surface area contributed by atoms with Gasteiger partial charge in [0.1, 0.15) is 11.4 Å². The van der Waals surface area contributed by atoms with E-state index in [1.165, 1.54) is 16.8 Å². The maximum Gasteiger partial charge on any atom is 0.174 e. The third-order valence-corrected chi connectivity index (χ3v) is 4.15. The van der Waals surface area contributed by atoms with Gasteiger partial charge in [-0.05, 0) is 44.0 Å². The quantitative estimate of drug-likeness (QED) is 0.290. The number of halogens is 1. The van der Waals surface area contributed by atoms with Crippen LogP contribution < -0.4 is 5.73 Å². The molecule has 0 bridgehead atoms. The summed E-state index contributed by atoms with van der Waals surface area (Å²) in [4.78, 5) is 4.16. The fourth-order valence-corrected chi connectivity index (χ4v) is 3.03. The third-order valence-electron chi connectivity index (χ3n) is 4.15. The molecule has 134 valence electrons. The largest absolute Gasteiger partial charge is 0.508 e. The van der Waals surface area contributed by atoms with Crippen LogP contribution in [0.25, 0.3) is 16.9 Å². The van der Waals surface area contributed by atoms with Gasteiger partial charge in [0, 0.05) is 24.0 Å². The summed E-state index contributed by atoms with van der Waals surface area (Å²) >= 11 is 0. The fraction of sp³-hybridized carbons (Fsp3) is 0.167. The van der Waals surface area contributed by atoms with Crippen LogP contribution in [0.2, 0.25) is 0 Å². The van der Waals surface area contributed by atoms with Gasteiger partial charge in [-0.1, -0.05) is 5.16 Å². The number of amidine groups is 1. The number of pyridine rings is 1. The molecule has 0 amide bonds. The molecule has 3 aromatic rings. The Hall–Kier alpha value is -3.42. The lowest BCUT2D eigenvalue weighted by molar-refractivity contribution is 0.318. The molecular formula is C18H18FN5O2. The number of benzene rings is 1. The highest BCUT2D eigenvalue weighted by molar-refractivity contribution is 6.04. The first kappa shape index (κ1) is 17.4. The van der Waals surface area contributed by atoms with E-state index in [0.717, 1.165) is 22.8 Å². The average molecular weight is 355 g/mol. The predicted molar refractivity (Wildman–Crippen MR) is 95.1 cm³/mol. The highest BCUT2D eigenvalue weighted by atomic mass is 19.1. The second kappa shape index (κ2) is 6.47. The van der Waals surface area contributed by atoms with Crippen molar-refractivity contribution in [1.82, 2.24) is 14.8 Å². The Morgan fingerprint density at radius 1 is 1.19 bits per heavy atom. The highest BCUT2D eigenvalue weighted by Gasteiger charge is 2.25. The Labute approximate surface area is 149 Å². The number of nitrogens with zero attached hydrogens (tertiary/aromatic N) is 4. The Morgan fingerprint density at radius 3 is 2.42 bits per heavy atom. The fourth-order valence-electron chi connectivity index (χ4n) is 3.03. The Bertz CT molecular complexity index is 1010. The maximum atomic E-state index is 14.5. The average Bonchev–Trinajstić information content (AvgIpc) is 2.91. The zero-order valence-corrected chi connectivity index (χ0v) is 14.5. The summed E-state index contributed by atoms with van der Waals surface area (Å²) in [7, 11) is 0. The van der Waals surface area contributed by atoms with E-state index >= 15 is 0 Å². The lowest BCUT2D eigenvalue weighted by Gasteiger charge is -2.14. The van der Waals surface area contributed by atoms with Crippen molar-refractivity contribution in [2.24, 2.45) is 10.9 Å². The number of rotatable bonds is 3. The lowest BCUT2D eigenvalue weighted by Crippen LogP contribution is -2.16. The van der Waals surface area contributed by atoms with Gasteiger partial charge in [-0.25, -0.2) is 9.07 Å². The molecule has 0 atom stereocenters. The van der Waals surface area contributed by atoms with Gasteiger partial charge < -0.3 is 16.0 Å². The van der Waals surface area contributed by atoms with Gasteiger partial charge in [0.25, 0.3) is 0 Å². The maximum absolute atomic E-state index is 14.5. The SMILES string of the molecule is Cc1cncc(C)c1-c1c(C(N)=NO)c(C)nn1-c1ccc(O)cc1F. The van der Waals surface area contributed by atoms with E-state index in [9.17, 15) is 14.7 Å². The van der Waals surface area contributed by atoms with Gasteiger partial charge in [0.2, 0.25) is 0 Å². The normalized spacial score (nSPS) is 11.8. The molecule has 4 N–H and O–H groups in total. The van der Waals surface area contributed by atoms with E-state index < -0.39 is 5.82 Å². The van der Waals surface area contributed by atoms with Crippen LogP contribution in [0.5, 0.6) is 5.75 Å². The third kappa shape index (κ3) is 2.75. The summed E-state index contributed by atoms with van der Waals surface area (Å²) in [5.74, 6) is -0.965. The molecule has 2 aromatic heterocycles. The second-order valence-electron chi connectivity index (χ2n) is 5.99. The monoisotopic (exact) mass is 355 g/mol. The zero-order valence-electron chi connectivity index (χ0n) is 14.5. The zero-order chi connectivity index (χ0) is 19.0. The molecule has 0 unspecified atom stereocenters. The van der Waals surface area contributed by atoms with E-state index in [1.54, 1.807) is 19.3 Å². The molecule has 1 aromatic carbocycles. The van der Waals surface area contributed by atoms with Crippen LogP contribution in [0.15, 0.2) is 35.7 Å². The van der Waals surface area contributed by atoms with Crippen LogP contribution >= 0.6 is 0 Å². The number of hydrogen-bond donors (Lipinski definition) is 3. The van der Waals surface area contributed by atoms with Crippen molar-refractivity contribution >= 4 is 5.84 Å². The Kier molecular flexibility index (Phi) is 4.33. The van der Waals surface area contributed by atoms with Crippen LogP contribution in [0.4, 0.5) is 4.39 Å². The molecule has 26 heavy (non-hydrogen) atoms. The van der Waals surface area contributed by atoms with Gasteiger partial charge >= 0.3 is 0 Å². The molecule has 0 saturated heterocycles. The van der Waals surface area contributed by atoms with Gasteiger partial charge in [-0.2, -0.15) is 5.10 Å². The molecule has 0 aliphatic carbocycles.